The number of amides is 2. The fraction of sp³-hybridized carbons (Fsp3) is 0.125. The monoisotopic (exact) mass is 354 g/mol. The van der Waals surface area contributed by atoms with Crippen LogP contribution in [0.25, 0.3) is 0 Å². The van der Waals surface area contributed by atoms with Crippen LogP contribution in [0.1, 0.15) is 10.4 Å². The highest BCUT2D eigenvalue weighted by molar-refractivity contribution is 6.04. The van der Waals surface area contributed by atoms with Crippen LogP contribution in [0.15, 0.2) is 48.5 Å². The zero-order chi connectivity index (χ0) is 18.4. The van der Waals surface area contributed by atoms with Gasteiger partial charge >= 0.3 is 6.36 Å². The molecule has 0 radical (unpaired) electrons. The van der Waals surface area contributed by atoms with Crippen molar-refractivity contribution in [1.82, 2.24) is 0 Å². The number of benzene rings is 2. The van der Waals surface area contributed by atoms with E-state index >= 15 is 0 Å². The van der Waals surface area contributed by atoms with Crippen molar-refractivity contribution < 1.29 is 32.2 Å². The highest BCUT2D eigenvalue weighted by atomic mass is 19.4. The molecule has 9 heteroatoms. The number of carbonyl (C=O) groups excluding carboxylic acids is 2. The molecule has 6 nitrogen and oxygen atoms in total. The zero-order valence-electron chi connectivity index (χ0n) is 12.7. The van der Waals surface area contributed by atoms with E-state index in [2.05, 4.69) is 10.1 Å². The highest BCUT2D eigenvalue weighted by Crippen LogP contribution is 2.24. The number of primary amides is 1. The summed E-state index contributed by atoms with van der Waals surface area (Å²) in [4.78, 5) is 22.7. The van der Waals surface area contributed by atoms with Crippen molar-refractivity contribution in [2.75, 3.05) is 11.9 Å². The number of hydrogen-bond acceptors (Lipinski definition) is 4. The molecule has 2 rings (SSSR count). The fourth-order valence-electron chi connectivity index (χ4n) is 1.80. The maximum Gasteiger partial charge on any atom is 0.573 e. The van der Waals surface area contributed by atoms with E-state index in [0.717, 1.165) is 12.1 Å². The van der Waals surface area contributed by atoms with E-state index in [0.29, 0.717) is 17.0 Å². The number of alkyl halides is 3. The summed E-state index contributed by atoms with van der Waals surface area (Å²) in [6.45, 7) is -0.280. The molecule has 0 aliphatic heterocycles. The lowest BCUT2D eigenvalue weighted by Crippen LogP contribution is -2.20. The molecule has 0 heterocycles. The van der Waals surface area contributed by atoms with Crippen LogP contribution in [0, 0.1) is 0 Å². The van der Waals surface area contributed by atoms with Gasteiger partial charge in [-0.05, 0) is 48.5 Å². The third-order valence-corrected chi connectivity index (χ3v) is 2.84. The first-order valence-electron chi connectivity index (χ1n) is 6.91. The quantitative estimate of drug-likeness (QED) is 0.834. The van der Waals surface area contributed by atoms with Gasteiger partial charge in [-0.15, -0.1) is 13.2 Å². The van der Waals surface area contributed by atoms with Crippen molar-refractivity contribution in [1.29, 1.82) is 0 Å². The summed E-state index contributed by atoms with van der Waals surface area (Å²) in [6, 6.07) is 10.6. The highest BCUT2D eigenvalue weighted by Gasteiger charge is 2.30. The van der Waals surface area contributed by atoms with Gasteiger partial charge in [0.15, 0.2) is 6.61 Å². The standard InChI is InChI=1S/C16H13F3N2O4/c17-16(18,19)25-13-7-3-11(4-8-13)21-15(23)10-1-5-12(6-2-10)24-9-14(20)22/h1-8H,9H2,(H2,20,22)(H,21,23). The Kier molecular flexibility index (Phi) is 5.48. The second-order valence-electron chi connectivity index (χ2n) is 4.81. The predicted octanol–water partition coefficient (Wildman–Crippen LogP) is 2.70. The van der Waals surface area contributed by atoms with E-state index in [1.807, 2.05) is 0 Å². The van der Waals surface area contributed by atoms with Crippen LogP contribution in [0.4, 0.5) is 18.9 Å². The number of hydrogen-bond donors (Lipinski definition) is 2. The third-order valence-electron chi connectivity index (χ3n) is 2.84. The van der Waals surface area contributed by atoms with Gasteiger partial charge in [-0.25, -0.2) is 0 Å². The molecule has 0 spiro atoms. The second-order valence-corrected chi connectivity index (χ2v) is 4.81. The number of nitrogens with two attached hydrogens (primary N) is 1. The van der Waals surface area contributed by atoms with E-state index in [4.69, 9.17) is 10.5 Å². The van der Waals surface area contributed by atoms with E-state index in [9.17, 15) is 22.8 Å². The normalized spacial score (nSPS) is 10.8. The Hall–Kier alpha value is -3.23. The lowest BCUT2D eigenvalue weighted by atomic mass is 10.2. The minimum Gasteiger partial charge on any atom is -0.484 e. The number of ether oxygens (including phenoxy) is 2. The molecule has 132 valence electrons. The maximum atomic E-state index is 12.1. The average Bonchev–Trinajstić information content (AvgIpc) is 2.54. The van der Waals surface area contributed by atoms with Gasteiger partial charge in [0.2, 0.25) is 0 Å². The number of rotatable bonds is 6. The number of anilines is 1. The van der Waals surface area contributed by atoms with Crippen LogP contribution in [-0.2, 0) is 4.79 Å². The topological polar surface area (TPSA) is 90.7 Å². The van der Waals surface area contributed by atoms with Crippen molar-refractivity contribution in [3.63, 3.8) is 0 Å². The maximum absolute atomic E-state index is 12.1. The second kappa shape index (κ2) is 7.56. The molecule has 0 fully saturated rings. The molecule has 0 aliphatic rings. The molecule has 25 heavy (non-hydrogen) atoms. The van der Waals surface area contributed by atoms with Gasteiger partial charge in [0.05, 0.1) is 0 Å². The molecule has 0 aromatic heterocycles. The molecule has 2 aromatic carbocycles. The lowest BCUT2D eigenvalue weighted by Gasteiger charge is -2.10. The first kappa shape index (κ1) is 18.1. The van der Waals surface area contributed by atoms with Crippen LogP contribution in [-0.4, -0.2) is 24.8 Å². The Morgan fingerprint density at radius 3 is 2.04 bits per heavy atom. The van der Waals surface area contributed by atoms with Crippen LogP contribution in [0.3, 0.4) is 0 Å². The SMILES string of the molecule is NC(=O)COc1ccc(C(=O)Nc2ccc(OC(F)(F)F)cc2)cc1. The van der Waals surface area contributed by atoms with E-state index in [-0.39, 0.29) is 12.4 Å². The molecule has 3 N–H and O–H groups in total. The van der Waals surface area contributed by atoms with Crippen molar-refractivity contribution in [2.24, 2.45) is 5.73 Å². The number of halogens is 3. The van der Waals surface area contributed by atoms with Crippen molar-refractivity contribution in [2.45, 2.75) is 6.36 Å². The summed E-state index contributed by atoms with van der Waals surface area (Å²) < 4.78 is 45.0. The molecular formula is C16H13F3N2O4. The summed E-state index contributed by atoms with van der Waals surface area (Å²) in [5.41, 5.74) is 5.54. The Bertz CT molecular complexity index is 743. The lowest BCUT2D eigenvalue weighted by molar-refractivity contribution is -0.274. The summed E-state index contributed by atoms with van der Waals surface area (Å²) in [5, 5.41) is 2.53. The molecule has 0 saturated carbocycles. The fourth-order valence-corrected chi connectivity index (χ4v) is 1.80. The van der Waals surface area contributed by atoms with E-state index < -0.39 is 18.2 Å². The van der Waals surface area contributed by atoms with Crippen molar-refractivity contribution in [3.05, 3.63) is 54.1 Å². The molecule has 0 unspecified atom stereocenters. The van der Waals surface area contributed by atoms with Gasteiger partial charge in [-0.1, -0.05) is 0 Å². The Morgan fingerprint density at radius 2 is 1.52 bits per heavy atom. The molecular weight excluding hydrogens is 341 g/mol. The Balaban J connectivity index is 1.96. The third kappa shape index (κ3) is 6.05. The first-order valence-corrected chi connectivity index (χ1v) is 6.91. The average molecular weight is 354 g/mol. The van der Waals surface area contributed by atoms with Crippen LogP contribution in [0.5, 0.6) is 11.5 Å². The molecule has 2 aromatic rings. The molecule has 0 aliphatic carbocycles. The van der Waals surface area contributed by atoms with E-state index in [1.54, 1.807) is 0 Å². The summed E-state index contributed by atoms with van der Waals surface area (Å²) in [6.07, 6.45) is -4.77. The van der Waals surface area contributed by atoms with Crippen LogP contribution in [0.2, 0.25) is 0 Å². The van der Waals surface area contributed by atoms with Gasteiger partial charge in [-0.2, -0.15) is 0 Å². The smallest absolute Gasteiger partial charge is 0.484 e. The zero-order valence-corrected chi connectivity index (χ0v) is 12.7. The van der Waals surface area contributed by atoms with Gasteiger partial charge in [-0.3, -0.25) is 9.59 Å². The summed E-state index contributed by atoms with van der Waals surface area (Å²) in [5.74, 6) is -1.11. The van der Waals surface area contributed by atoms with Gasteiger partial charge in [0, 0.05) is 11.3 Å². The van der Waals surface area contributed by atoms with Crippen molar-refractivity contribution >= 4 is 17.5 Å². The predicted molar refractivity (Wildman–Crippen MR) is 82.2 cm³/mol. The molecule has 0 bridgehead atoms. The van der Waals surface area contributed by atoms with Gasteiger partial charge < -0.3 is 20.5 Å². The number of nitrogens with one attached hydrogen (secondary N) is 1. The largest absolute Gasteiger partial charge is 0.573 e. The van der Waals surface area contributed by atoms with Crippen LogP contribution < -0.4 is 20.5 Å². The minimum absolute atomic E-state index is 0.280. The first-order chi connectivity index (χ1) is 11.7. The molecule has 2 amide bonds. The van der Waals surface area contributed by atoms with Gasteiger partial charge in [0.1, 0.15) is 11.5 Å². The minimum atomic E-state index is -4.77. The molecule has 0 atom stereocenters. The number of carbonyl (C=O) groups is 2. The molecule has 0 saturated heterocycles. The van der Waals surface area contributed by atoms with Crippen molar-refractivity contribution in [3.8, 4) is 11.5 Å². The van der Waals surface area contributed by atoms with Gasteiger partial charge in [0.25, 0.3) is 11.8 Å². The van der Waals surface area contributed by atoms with Crippen LogP contribution >= 0.6 is 0 Å². The Labute approximate surface area is 140 Å². The van der Waals surface area contributed by atoms with E-state index in [1.165, 1.54) is 36.4 Å². The Morgan fingerprint density at radius 1 is 0.960 bits per heavy atom. The summed E-state index contributed by atoms with van der Waals surface area (Å²) in [7, 11) is 0. The summed E-state index contributed by atoms with van der Waals surface area (Å²) >= 11 is 0.